The molecular formula is C11H8F2N2O2. The third kappa shape index (κ3) is 2.01. The molecule has 17 heavy (non-hydrogen) atoms. The van der Waals surface area contributed by atoms with Gasteiger partial charge in [0.2, 0.25) is 0 Å². The summed E-state index contributed by atoms with van der Waals surface area (Å²) < 4.78 is 28.2. The highest BCUT2D eigenvalue weighted by atomic mass is 19.1. The summed E-state index contributed by atoms with van der Waals surface area (Å²) in [5.41, 5.74) is -0.0816. The lowest BCUT2D eigenvalue weighted by molar-refractivity contribution is 0.0695. The van der Waals surface area contributed by atoms with Crippen molar-refractivity contribution < 1.29 is 18.7 Å². The standard InChI is InChI=1S/C11H8F2N2O2/c1-6-4-14-15(5-6)10-8(12)2-7(11(16)17)3-9(10)13/h2-5H,1H3,(H,16,17). The van der Waals surface area contributed by atoms with Gasteiger partial charge < -0.3 is 5.11 Å². The van der Waals surface area contributed by atoms with Gasteiger partial charge in [0.15, 0.2) is 11.6 Å². The summed E-state index contributed by atoms with van der Waals surface area (Å²) >= 11 is 0. The van der Waals surface area contributed by atoms with E-state index in [9.17, 15) is 13.6 Å². The van der Waals surface area contributed by atoms with Crippen molar-refractivity contribution in [2.24, 2.45) is 0 Å². The third-order valence-electron chi connectivity index (χ3n) is 2.20. The van der Waals surface area contributed by atoms with Gasteiger partial charge in [-0.1, -0.05) is 0 Å². The zero-order valence-corrected chi connectivity index (χ0v) is 8.82. The molecule has 1 aromatic heterocycles. The number of hydrogen-bond acceptors (Lipinski definition) is 2. The molecule has 6 heteroatoms. The summed E-state index contributed by atoms with van der Waals surface area (Å²) in [6, 6.07) is 1.52. The van der Waals surface area contributed by atoms with Crippen molar-refractivity contribution in [2.45, 2.75) is 6.92 Å². The number of halogens is 2. The number of carboxylic acids is 1. The maximum atomic E-state index is 13.6. The second-order valence-corrected chi connectivity index (χ2v) is 3.56. The van der Waals surface area contributed by atoms with Crippen molar-refractivity contribution >= 4 is 5.97 Å². The minimum absolute atomic E-state index is 0.386. The minimum Gasteiger partial charge on any atom is -0.478 e. The number of hydrogen-bond donors (Lipinski definition) is 1. The van der Waals surface area contributed by atoms with E-state index < -0.39 is 23.2 Å². The first-order valence-corrected chi connectivity index (χ1v) is 4.73. The van der Waals surface area contributed by atoms with E-state index in [0.717, 1.165) is 22.4 Å². The lowest BCUT2D eigenvalue weighted by Crippen LogP contribution is -2.06. The number of carboxylic acid groups (broad SMARTS) is 1. The Kier molecular flexibility index (Phi) is 2.63. The fourth-order valence-corrected chi connectivity index (χ4v) is 1.44. The Morgan fingerprint density at radius 2 is 1.94 bits per heavy atom. The molecule has 0 fully saturated rings. The predicted molar refractivity (Wildman–Crippen MR) is 55.2 cm³/mol. The van der Waals surface area contributed by atoms with Crippen LogP contribution in [0.4, 0.5) is 8.78 Å². The van der Waals surface area contributed by atoms with Crippen LogP contribution in [-0.2, 0) is 0 Å². The zero-order valence-electron chi connectivity index (χ0n) is 8.82. The maximum absolute atomic E-state index is 13.6. The smallest absolute Gasteiger partial charge is 0.335 e. The molecule has 0 saturated carbocycles. The van der Waals surface area contributed by atoms with Crippen molar-refractivity contribution in [3.8, 4) is 5.69 Å². The molecule has 1 aromatic carbocycles. The topological polar surface area (TPSA) is 55.1 Å². The van der Waals surface area contributed by atoms with E-state index in [0.29, 0.717) is 0 Å². The molecule has 0 aliphatic rings. The number of benzene rings is 1. The molecule has 0 amide bonds. The van der Waals surface area contributed by atoms with Crippen LogP contribution in [0.25, 0.3) is 5.69 Å². The Balaban J connectivity index is 2.60. The molecule has 0 bridgehead atoms. The Bertz CT molecular complexity index is 570. The molecule has 1 N–H and O–H groups in total. The molecule has 0 unspecified atom stereocenters. The highest BCUT2D eigenvalue weighted by Crippen LogP contribution is 2.19. The summed E-state index contributed by atoms with van der Waals surface area (Å²) in [4.78, 5) is 10.6. The SMILES string of the molecule is Cc1cnn(-c2c(F)cc(C(=O)O)cc2F)c1. The Hall–Kier alpha value is -2.24. The monoisotopic (exact) mass is 238 g/mol. The van der Waals surface area contributed by atoms with Gasteiger partial charge in [0.1, 0.15) is 5.69 Å². The predicted octanol–water partition coefficient (Wildman–Crippen LogP) is 2.16. The number of aromatic nitrogens is 2. The first-order chi connectivity index (χ1) is 7.99. The van der Waals surface area contributed by atoms with Crippen LogP contribution in [0.15, 0.2) is 24.5 Å². The molecular weight excluding hydrogens is 230 g/mol. The van der Waals surface area contributed by atoms with Gasteiger partial charge in [0.05, 0.1) is 11.8 Å². The highest BCUT2D eigenvalue weighted by Gasteiger charge is 2.16. The van der Waals surface area contributed by atoms with Crippen LogP contribution in [0, 0.1) is 18.6 Å². The molecule has 0 radical (unpaired) electrons. The lowest BCUT2D eigenvalue weighted by atomic mass is 10.2. The van der Waals surface area contributed by atoms with Crippen LogP contribution < -0.4 is 0 Å². The van der Waals surface area contributed by atoms with Gasteiger partial charge in [-0.2, -0.15) is 5.10 Å². The summed E-state index contributed by atoms with van der Waals surface area (Å²) in [5.74, 6) is -3.32. The van der Waals surface area contributed by atoms with E-state index in [4.69, 9.17) is 5.11 Å². The summed E-state index contributed by atoms with van der Waals surface area (Å²) in [6.07, 6.45) is 2.89. The van der Waals surface area contributed by atoms with Crippen molar-refractivity contribution in [3.05, 3.63) is 47.3 Å². The van der Waals surface area contributed by atoms with Crippen LogP contribution in [0.2, 0.25) is 0 Å². The quantitative estimate of drug-likeness (QED) is 0.872. The van der Waals surface area contributed by atoms with Gasteiger partial charge in [-0.15, -0.1) is 0 Å². The van der Waals surface area contributed by atoms with E-state index in [1.807, 2.05) is 0 Å². The average molecular weight is 238 g/mol. The number of nitrogens with zero attached hydrogens (tertiary/aromatic N) is 2. The van der Waals surface area contributed by atoms with E-state index >= 15 is 0 Å². The number of aryl methyl sites for hydroxylation is 1. The first kappa shape index (κ1) is 11.3. The maximum Gasteiger partial charge on any atom is 0.335 e. The fourth-order valence-electron chi connectivity index (χ4n) is 1.44. The molecule has 2 aromatic rings. The van der Waals surface area contributed by atoms with Crippen LogP contribution in [-0.4, -0.2) is 20.9 Å². The van der Waals surface area contributed by atoms with Crippen LogP contribution in [0.3, 0.4) is 0 Å². The van der Waals surface area contributed by atoms with Gasteiger partial charge in [0.25, 0.3) is 0 Å². The van der Waals surface area contributed by atoms with E-state index in [1.165, 1.54) is 12.4 Å². The van der Waals surface area contributed by atoms with E-state index in [-0.39, 0.29) is 5.69 Å². The normalized spacial score (nSPS) is 10.5. The number of rotatable bonds is 2. The molecule has 0 atom stereocenters. The van der Waals surface area contributed by atoms with E-state index in [2.05, 4.69) is 5.10 Å². The van der Waals surface area contributed by atoms with Gasteiger partial charge in [-0.3, -0.25) is 0 Å². The molecule has 2 rings (SSSR count). The molecule has 88 valence electrons. The van der Waals surface area contributed by atoms with E-state index in [1.54, 1.807) is 6.92 Å². The highest BCUT2D eigenvalue weighted by molar-refractivity contribution is 5.87. The summed E-state index contributed by atoms with van der Waals surface area (Å²) in [6.45, 7) is 1.73. The van der Waals surface area contributed by atoms with Crippen molar-refractivity contribution in [1.82, 2.24) is 9.78 Å². The van der Waals surface area contributed by atoms with Crippen molar-refractivity contribution in [2.75, 3.05) is 0 Å². The van der Waals surface area contributed by atoms with Crippen molar-refractivity contribution in [1.29, 1.82) is 0 Å². The second-order valence-electron chi connectivity index (χ2n) is 3.56. The molecule has 1 heterocycles. The van der Waals surface area contributed by atoms with Gasteiger partial charge >= 0.3 is 5.97 Å². The summed E-state index contributed by atoms with van der Waals surface area (Å²) in [7, 11) is 0. The third-order valence-corrected chi connectivity index (χ3v) is 2.20. The Morgan fingerprint density at radius 1 is 1.35 bits per heavy atom. The van der Waals surface area contributed by atoms with Crippen molar-refractivity contribution in [3.63, 3.8) is 0 Å². The Labute approximate surface area is 95.1 Å². The fraction of sp³-hybridized carbons (Fsp3) is 0.0909. The van der Waals surface area contributed by atoms with Gasteiger partial charge in [-0.25, -0.2) is 18.3 Å². The molecule has 0 aliphatic carbocycles. The zero-order chi connectivity index (χ0) is 12.6. The largest absolute Gasteiger partial charge is 0.478 e. The molecule has 0 aliphatic heterocycles. The Morgan fingerprint density at radius 3 is 2.35 bits per heavy atom. The minimum atomic E-state index is -1.38. The van der Waals surface area contributed by atoms with Crippen LogP contribution >= 0.6 is 0 Å². The average Bonchev–Trinajstić information content (AvgIpc) is 2.63. The molecule has 0 saturated heterocycles. The lowest BCUT2D eigenvalue weighted by Gasteiger charge is -2.05. The molecule has 0 spiro atoms. The van der Waals surface area contributed by atoms with Gasteiger partial charge in [-0.05, 0) is 24.6 Å². The summed E-state index contributed by atoms with van der Waals surface area (Å²) in [5, 5.41) is 12.4. The van der Waals surface area contributed by atoms with Crippen LogP contribution in [0.1, 0.15) is 15.9 Å². The number of aromatic carboxylic acids is 1. The first-order valence-electron chi connectivity index (χ1n) is 4.73. The van der Waals surface area contributed by atoms with Crippen LogP contribution in [0.5, 0.6) is 0 Å². The second kappa shape index (κ2) is 3.97. The molecule has 4 nitrogen and oxygen atoms in total. The number of carbonyl (C=O) groups is 1. The van der Waals surface area contributed by atoms with Gasteiger partial charge in [0, 0.05) is 6.20 Å².